The van der Waals surface area contributed by atoms with Crippen molar-refractivity contribution in [3.63, 3.8) is 0 Å². The van der Waals surface area contributed by atoms with E-state index in [0.29, 0.717) is 0 Å². The van der Waals surface area contributed by atoms with Crippen LogP contribution in [0.5, 0.6) is 0 Å². The highest BCUT2D eigenvalue weighted by atomic mass is 32.2. The average molecular weight is 240 g/mol. The number of hydrogen-bond acceptors (Lipinski definition) is 3. The lowest BCUT2D eigenvalue weighted by molar-refractivity contribution is -0.138. The molecule has 1 unspecified atom stereocenters. The van der Waals surface area contributed by atoms with Crippen LogP contribution in [0.3, 0.4) is 0 Å². The van der Waals surface area contributed by atoms with Crippen LogP contribution in [0.1, 0.15) is 12.8 Å². The molecule has 86 valence electrons. The summed E-state index contributed by atoms with van der Waals surface area (Å²) in [6.07, 6.45) is 0.00102. The van der Waals surface area contributed by atoms with Gasteiger partial charge in [-0.05, 0) is 18.6 Å². The van der Waals surface area contributed by atoms with Gasteiger partial charge in [0.15, 0.2) is 0 Å². The molecule has 0 radical (unpaired) electrons. The molecule has 0 fully saturated rings. The Morgan fingerprint density at radius 2 is 1.81 bits per heavy atom. The lowest BCUT2D eigenvalue weighted by Gasteiger charge is -2.10. The van der Waals surface area contributed by atoms with E-state index in [1.54, 1.807) is 12.1 Å². The molecule has 0 saturated carbocycles. The summed E-state index contributed by atoms with van der Waals surface area (Å²) in [6.45, 7) is 0. The van der Waals surface area contributed by atoms with Gasteiger partial charge in [-0.3, -0.25) is 9.59 Å². The predicted octanol–water partition coefficient (Wildman–Crippen LogP) is 2.10. The molecule has 0 amide bonds. The van der Waals surface area contributed by atoms with Gasteiger partial charge in [-0.25, -0.2) is 0 Å². The SMILES string of the molecule is O=C(O)CCC(Sc1ccccc1)C(=O)O. The summed E-state index contributed by atoms with van der Waals surface area (Å²) in [4.78, 5) is 22.1. The summed E-state index contributed by atoms with van der Waals surface area (Å²) in [7, 11) is 0. The molecule has 0 aliphatic carbocycles. The Balaban J connectivity index is 2.58. The number of carbonyl (C=O) groups is 2. The van der Waals surface area contributed by atoms with Gasteiger partial charge in [-0.15, -0.1) is 11.8 Å². The Hall–Kier alpha value is -1.49. The summed E-state index contributed by atoms with van der Waals surface area (Å²) in [5.41, 5.74) is 0. The van der Waals surface area contributed by atoms with E-state index in [-0.39, 0.29) is 12.8 Å². The molecule has 1 rings (SSSR count). The van der Waals surface area contributed by atoms with E-state index in [1.165, 1.54) is 11.8 Å². The fraction of sp³-hybridized carbons (Fsp3) is 0.273. The van der Waals surface area contributed by atoms with Crippen LogP contribution in [0.2, 0.25) is 0 Å². The van der Waals surface area contributed by atoms with E-state index >= 15 is 0 Å². The second-order valence-corrected chi connectivity index (χ2v) is 4.47. The minimum absolute atomic E-state index is 0.128. The summed E-state index contributed by atoms with van der Waals surface area (Å²) in [5.74, 6) is -1.95. The van der Waals surface area contributed by atoms with Gasteiger partial charge in [0.25, 0.3) is 0 Å². The topological polar surface area (TPSA) is 74.6 Å². The van der Waals surface area contributed by atoms with Crippen LogP contribution >= 0.6 is 11.8 Å². The largest absolute Gasteiger partial charge is 0.481 e. The standard InChI is InChI=1S/C11H12O4S/c12-10(13)7-6-9(11(14)15)16-8-4-2-1-3-5-8/h1-5,9H,6-7H2,(H,12,13)(H,14,15). The molecule has 1 atom stereocenters. The summed E-state index contributed by atoms with van der Waals surface area (Å²) in [5, 5.41) is 16.7. The molecule has 2 N–H and O–H groups in total. The molecular formula is C11H12O4S. The Kier molecular flexibility index (Phi) is 4.85. The van der Waals surface area contributed by atoms with Crippen molar-refractivity contribution in [1.82, 2.24) is 0 Å². The summed E-state index contributed by atoms with van der Waals surface area (Å²) < 4.78 is 0. The quantitative estimate of drug-likeness (QED) is 0.745. The van der Waals surface area contributed by atoms with Gasteiger partial charge in [0.05, 0.1) is 0 Å². The average Bonchev–Trinajstić information content (AvgIpc) is 2.25. The number of hydrogen-bond donors (Lipinski definition) is 2. The number of rotatable bonds is 6. The zero-order valence-corrected chi connectivity index (χ0v) is 9.31. The van der Waals surface area contributed by atoms with Crippen molar-refractivity contribution in [1.29, 1.82) is 0 Å². The Bertz CT molecular complexity index is 364. The Morgan fingerprint density at radius 1 is 1.19 bits per heavy atom. The van der Waals surface area contributed by atoms with Gasteiger partial charge in [-0.1, -0.05) is 18.2 Å². The van der Waals surface area contributed by atoms with Gasteiger partial charge < -0.3 is 10.2 Å². The van der Waals surface area contributed by atoms with Crippen molar-refractivity contribution in [2.45, 2.75) is 23.0 Å². The zero-order valence-electron chi connectivity index (χ0n) is 8.50. The first-order valence-electron chi connectivity index (χ1n) is 4.76. The van der Waals surface area contributed by atoms with Crippen LogP contribution in [-0.2, 0) is 9.59 Å². The van der Waals surface area contributed by atoms with Gasteiger partial charge in [-0.2, -0.15) is 0 Å². The van der Waals surface area contributed by atoms with Crippen LogP contribution in [-0.4, -0.2) is 27.4 Å². The Morgan fingerprint density at radius 3 is 2.31 bits per heavy atom. The third kappa shape index (κ3) is 4.35. The van der Waals surface area contributed by atoms with E-state index < -0.39 is 17.2 Å². The number of thioether (sulfide) groups is 1. The second kappa shape index (κ2) is 6.17. The van der Waals surface area contributed by atoms with Crippen molar-refractivity contribution >= 4 is 23.7 Å². The van der Waals surface area contributed by atoms with E-state index in [4.69, 9.17) is 10.2 Å². The fourth-order valence-electron chi connectivity index (χ4n) is 1.15. The lowest BCUT2D eigenvalue weighted by Crippen LogP contribution is -2.17. The van der Waals surface area contributed by atoms with Crippen LogP contribution in [0.25, 0.3) is 0 Å². The first-order valence-corrected chi connectivity index (χ1v) is 5.64. The van der Waals surface area contributed by atoms with Gasteiger partial charge in [0.1, 0.15) is 5.25 Å². The van der Waals surface area contributed by atoms with Crippen LogP contribution in [0, 0.1) is 0 Å². The van der Waals surface area contributed by atoms with Crippen LogP contribution in [0.4, 0.5) is 0 Å². The van der Waals surface area contributed by atoms with Crippen molar-refractivity contribution in [2.75, 3.05) is 0 Å². The zero-order chi connectivity index (χ0) is 12.0. The minimum atomic E-state index is -0.977. The van der Waals surface area contributed by atoms with Crippen molar-refractivity contribution in [2.24, 2.45) is 0 Å². The molecule has 0 spiro atoms. The number of carboxylic acid groups (broad SMARTS) is 2. The van der Waals surface area contributed by atoms with Gasteiger partial charge >= 0.3 is 11.9 Å². The minimum Gasteiger partial charge on any atom is -0.481 e. The fourth-order valence-corrected chi connectivity index (χ4v) is 2.13. The van der Waals surface area contributed by atoms with Crippen molar-refractivity contribution < 1.29 is 19.8 Å². The first kappa shape index (κ1) is 12.6. The maximum absolute atomic E-state index is 10.9. The second-order valence-electron chi connectivity index (χ2n) is 3.19. The van der Waals surface area contributed by atoms with E-state index in [0.717, 1.165) is 4.90 Å². The highest BCUT2D eigenvalue weighted by Crippen LogP contribution is 2.26. The summed E-state index contributed by atoms with van der Waals surface area (Å²) >= 11 is 1.18. The molecule has 1 aromatic carbocycles. The molecule has 0 bridgehead atoms. The number of aliphatic carboxylic acids is 2. The van der Waals surface area contributed by atoms with Crippen LogP contribution in [0.15, 0.2) is 35.2 Å². The summed E-state index contributed by atoms with van der Waals surface area (Å²) in [6, 6.07) is 9.09. The van der Waals surface area contributed by atoms with Gasteiger partial charge in [0, 0.05) is 11.3 Å². The maximum atomic E-state index is 10.9. The highest BCUT2D eigenvalue weighted by molar-refractivity contribution is 8.00. The van der Waals surface area contributed by atoms with Crippen molar-refractivity contribution in [3.8, 4) is 0 Å². The van der Waals surface area contributed by atoms with E-state index in [9.17, 15) is 9.59 Å². The van der Waals surface area contributed by atoms with Crippen LogP contribution < -0.4 is 0 Å². The Labute approximate surface area is 97.3 Å². The first-order chi connectivity index (χ1) is 7.59. The monoisotopic (exact) mass is 240 g/mol. The van der Waals surface area contributed by atoms with E-state index in [1.807, 2.05) is 18.2 Å². The maximum Gasteiger partial charge on any atom is 0.317 e. The lowest BCUT2D eigenvalue weighted by atomic mass is 10.2. The van der Waals surface area contributed by atoms with Gasteiger partial charge in [0.2, 0.25) is 0 Å². The smallest absolute Gasteiger partial charge is 0.317 e. The number of benzene rings is 1. The predicted molar refractivity (Wildman–Crippen MR) is 60.6 cm³/mol. The normalized spacial score (nSPS) is 12.0. The third-order valence-corrected chi connectivity index (χ3v) is 3.18. The molecule has 0 aromatic heterocycles. The number of carboxylic acids is 2. The molecule has 1 aromatic rings. The molecule has 0 aliphatic heterocycles. The molecule has 0 aliphatic rings. The molecular weight excluding hydrogens is 228 g/mol. The highest BCUT2D eigenvalue weighted by Gasteiger charge is 2.19. The molecule has 0 saturated heterocycles. The molecule has 5 heteroatoms. The molecule has 16 heavy (non-hydrogen) atoms. The molecule has 4 nitrogen and oxygen atoms in total. The van der Waals surface area contributed by atoms with Crippen molar-refractivity contribution in [3.05, 3.63) is 30.3 Å². The third-order valence-electron chi connectivity index (χ3n) is 1.92. The van der Waals surface area contributed by atoms with E-state index in [2.05, 4.69) is 0 Å². The molecule has 0 heterocycles.